The highest BCUT2D eigenvalue weighted by Crippen LogP contribution is 2.14. The maximum absolute atomic E-state index is 11.8. The lowest BCUT2D eigenvalue weighted by atomic mass is 10.2. The van der Waals surface area contributed by atoms with Gasteiger partial charge in [-0.15, -0.1) is 0 Å². The highest BCUT2D eigenvalue weighted by molar-refractivity contribution is 5.68. The van der Waals surface area contributed by atoms with Gasteiger partial charge in [-0.05, 0) is 34.1 Å². The largest absolute Gasteiger partial charge is 0.444 e. The molecule has 6 nitrogen and oxygen atoms in total. The molecule has 1 amide bonds. The molecule has 0 saturated carbocycles. The summed E-state index contributed by atoms with van der Waals surface area (Å²) in [6.07, 6.45) is 4.00. The minimum Gasteiger partial charge on any atom is -0.444 e. The van der Waals surface area contributed by atoms with E-state index in [0.29, 0.717) is 6.61 Å². The first-order chi connectivity index (χ1) is 9.33. The number of ether oxygens (including phenoxy) is 2. The van der Waals surface area contributed by atoms with Crippen molar-refractivity contribution in [2.75, 3.05) is 13.7 Å². The maximum atomic E-state index is 11.8. The van der Waals surface area contributed by atoms with Crippen molar-refractivity contribution in [1.29, 1.82) is 0 Å². The number of rotatable bonds is 6. The first-order valence-electron chi connectivity index (χ1n) is 6.82. The van der Waals surface area contributed by atoms with Crippen LogP contribution in [0.4, 0.5) is 4.79 Å². The molecule has 0 spiro atoms. The topological polar surface area (TPSA) is 65.4 Å². The van der Waals surface area contributed by atoms with Crippen molar-refractivity contribution in [2.45, 2.75) is 52.3 Å². The molecule has 0 fully saturated rings. The molecule has 0 unspecified atom stereocenters. The van der Waals surface area contributed by atoms with Crippen LogP contribution < -0.4 is 5.32 Å². The molecule has 114 valence electrons. The summed E-state index contributed by atoms with van der Waals surface area (Å²) in [5.74, 6) is 0. The van der Waals surface area contributed by atoms with E-state index < -0.39 is 11.7 Å². The van der Waals surface area contributed by atoms with E-state index in [1.807, 2.05) is 32.3 Å². The molecule has 1 aromatic rings. The number of hydrogen-bond donors (Lipinski definition) is 1. The van der Waals surface area contributed by atoms with Crippen molar-refractivity contribution in [2.24, 2.45) is 0 Å². The highest BCUT2D eigenvalue weighted by Gasteiger charge is 2.19. The van der Waals surface area contributed by atoms with Crippen LogP contribution in [0.2, 0.25) is 0 Å². The molecule has 0 saturated heterocycles. The predicted molar refractivity (Wildman–Crippen MR) is 76.5 cm³/mol. The predicted octanol–water partition coefficient (Wildman–Crippen LogP) is 2.51. The molecule has 0 bridgehead atoms. The lowest BCUT2D eigenvalue weighted by molar-refractivity contribution is 0.0506. The number of aromatic nitrogens is 2. The van der Waals surface area contributed by atoms with Crippen molar-refractivity contribution < 1.29 is 14.3 Å². The van der Waals surface area contributed by atoms with Gasteiger partial charge in [0, 0.05) is 20.3 Å². The summed E-state index contributed by atoms with van der Waals surface area (Å²) in [7, 11) is 1.68. The molecule has 1 heterocycles. The second-order valence-electron chi connectivity index (χ2n) is 5.73. The zero-order chi connectivity index (χ0) is 15.2. The number of alkyl carbamates (subject to hydrolysis) is 1. The molecule has 20 heavy (non-hydrogen) atoms. The number of carbonyl (C=O) groups is 1. The Hall–Kier alpha value is -1.56. The molecule has 0 aromatic carbocycles. The van der Waals surface area contributed by atoms with Gasteiger partial charge in [0.05, 0.1) is 24.3 Å². The minimum absolute atomic E-state index is 0.158. The zero-order valence-corrected chi connectivity index (χ0v) is 13.0. The molecular weight excluding hydrogens is 258 g/mol. The zero-order valence-electron chi connectivity index (χ0n) is 13.0. The summed E-state index contributed by atoms with van der Waals surface area (Å²) >= 11 is 0. The van der Waals surface area contributed by atoms with Crippen LogP contribution in [0, 0.1) is 0 Å². The third kappa shape index (κ3) is 5.61. The monoisotopic (exact) mass is 283 g/mol. The standard InChI is InChI=1S/C14H25N3O3/c1-11(16-13(18)20-14(2,3)4)12-9-15-10-17(12)7-6-8-19-5/h9-11H,6-8H2,1-5H3,(H,16,18)/t11-/m0/s1. The Morgan fingerprint density at radius 2 is 2.20 bits per heavy atom. The van der Waals surface area contributed by atoms with E-state index in [1.54, 1.807) is 19.6 Å². The third-order valence-corrected chi connectivity index (χ3v) is 2.67. The fourth-order valence-corrected chi connectivity index (χ4v) is 1.82. The van der Waals surface area contributed by atoms with Gasteiger partial charge in [0.2, 0.25) is 0 Å². The van der Waals surface area contributed by atoms with E-state index in [2.05, 4.69) is 10.3 Å². The fourth-order valence-electron chi connectivity index (χ4n) is 1.82. The summed E-state index contributed by atoms with van der Waals surface area (Å²) in [4.78, 5) is 15.9. The van der Waals surface area contributed by atoms with Gasteiger partial charge in [0.25, 0.3) is 0 Å². The summed E-state index contributed by atoms with van der Waals surface area (Å²) in [5, 5.41) is 2.82. The summed E-state index contributed by atoms with van der Waals surface area (Å²) < 4.78 is 12.3. The highest BCUT2D eigenvalue weighted by atomic mass is 16.6. The second-order valence-corrected chi connectivity index (χ2v) is 5.73. The van der Waals surface area contributed by atoms with E-state index in [-0.39, 0.29) is 6.04 Å². The van der Waals surface area contributed by atoms with Crippen LogP contribution >= 0.6 is 0 Å². The Bertz CT molecular complexity index is 424. The number of nitrogens with zero attached hydrogens (tertiary/aromatic N) is 2. The SMILES string of the molecule is COCCCn1cncc1[C@H](C)NC(=O)OC(C)(C)C. The Morgan fingerprint density at radius 3 is 2.80 bits per heavy atom. The molecule has 1 aromatic heterocycles. The van der Waals surface area contributed by atoms with Crippen LogP contribution in [0.1, 0.15) is 45.9 Å². The lowest BCUT2D eigenvalue weighted by Gasteiger charge is -2.22. The fraction of sp³-hybridized carbons (Fsp3) is 0.714. The number of carbonyl (C=O) groups excluding carboxylic acids is 1. The van der Waals surface area contributed by atoms with Crippen LogP contribution in [-0.4, -0.2) is 35.0 Å². The summed E-state index contributed by atoms with van der Waals surface area (Å²) in [6, 6.07) is -0.158. The Kier molecular flexibility index (Phi) is 6.01. The van der Waals surface area contributed by atoms with Crippen molar-refractivity contribution in [3.05, 3.63) is 18.2 Å². The second kappa shape index (κ2) is 7.28. The molecule has 0 aliphatic carbocycles. The van der Waals surface area contributed by atoms with Crippen LogP contribution in [0.15, 0.2) is 12.5 Å². The van der Waals surface area contributed by atoms with Crippen molar-refractivity contribution in [3.63, 3.8) is 0 Å². The third-order valence-electron chi connectivity index (χ3n) is 2.67. The normalized spacial score (nSPS) is 13.1. The maximum Gasteiger partial charge on any atom is 0.408 e. The van der Waals surface area contributed by atoms with Gasteiger partial charge in [-0.1, -0.05) is 0 Å². The quantitative estimate of drug-likeness (QED) is 0.815. The Labute approximate surface area is 120 Å². The first kappa shape index (κ1) is 16.5. The molecule has 0 radical (unpaired) electrons. The molecular formula is C14H25N3O3. The summed E-state index contributed by atoms with van der Waals surface area (Å²) in [5.41, 5.74) is 0.453. The lowest BCUT2D eigenvalue weighted by Crippen LogP contribution is -2.34. The number of methoxy groups -OCH3 is 1. The van der Waals surface area contributed by atoms with Gasteiger partial charge in [0.15, 0.2) is 0 Å². The molecule has 0 aliphatic rings. The van der Waals surface area contributed by atoms with Gasteiger partial charge >= 0.3 is 6.09 Å². The van der Waals surface area contributed by atoms with Crippen LogP contribution in [0.3, 0.4) is 0 Å². The molecule has 1 rings (SSSR count). The van der Waals surface area contributed by atoms with Crippen LogP contribution in [0.25, 0.3) is 0 Å². The van der Waals surface area contributed by atoms with E-state index in [0.717, 1.165) is 18.7 Å². The van der Waals surface area contributed by atoms with Gasteiger partial charge in [-0.25, -0.2) is 9.78 Å². The smallest absolute Gasteiger partial charge is 0.408 e. The van der Waals surface area contributed by atoms with Gasteiger partial charge in [-0.3, -0.25) is 0 Å². The van der Waals surface area contributed by atoms with Crippen molar-refractivity contribution >= 4 is 6.09 Å². The van der Waals surface area contributed by atoms with E-state index >= 15 is 0 Å². The van der Waals surface area contributed by atoms with Crippen LogP contribution in [0.5, 0.6) is 0 Å². The van der Waals surface area contributed by atoms with Gasteiger partial charge in [0.1, 0.15) is 5.60 Å². The van der Waals surface area contributed by atoms with Gasteiger partial charge in [-0.2, -0.15) is 0 Å². The minimum atomic E-state index is -0.498. The average Bonchev–Trinajstić information content (AvgIpc) is 2.75. The summed E-state index contributed by atoms with van der Waals surface area (Å²) in [6.45, 7) is 8.94. The average molecular weight is 283 g/mol. The number of hydrogen-bond acceptors (Lipinski definition) is 4. The first-order valence-corrected chi connectivity index (χ1v) is 6.82. The molecule has 0 aliphatic heterocycles. The van der Waals surface area contributed by atoms with E-state index in [1.165, 1.54) is 0 Å². The van der Waals surface area contributed by atoms with Crippen molar-refractivity contribution in [3.8, 4) is 0 Å². The Morgan fingerprint density at radius 1 is 1.50 bits per heavy atom. The van der Waals surface area contributed by atoms with Crippen LogP contribution in [-0.2, 0) is 16.0 Å². The van der Waals surface area contributed by atoms with Crippen molar-refractivity contribution in [1.82, 2.24) is 14.9 Å². The van der Waals surface area contributed by atoms with E-state index in [9.17, 15) is 4.79 Å². The molecule has 6 heteroatoms. The number of nitrogens with one attached hydrogen (secondary N) is 1. The molecule has 1 N–H and O–H groups in total. The number of amides is 1. The van der Waals surface area contributed by atoms with E-state index in [4.69, 9.17) is 9.47 Å². The molecule has 1 atom stereocenters. The number of aryl methyl sites for hydroxylation is 1. The van der Waals surface area contributed by atoms with Gasteiger partial charge < -0.3 is 19.4 Å². The Balaban J connectivity index is 2.57. The number of imidazole rings is 1.